The first-order valence-corrected chi connectivity index (χ1v) is 7.54. The van der Waals surface area contributed by atoms with Crippen molar-refractivity contribution in [2.24, 2.45) is 0 Å². The molecule has 0 aromatic heterocycles. The van der Waals surface area contributed by atoms with Gasteiger partial charge >= 0.3 is 6.08 Å². The standard InChI is InChI=1S/C20H9F7/c21-15-7-12(10-1-3-11(4-2-10)18(24)20(26)27)5-6-14(15)13-8-16(22)19(25)17(23)9-13/h1-9H. The number of rotatable bonds is 3. The predicted molar refractivity (Wildman–Crippen MR) is 87.4 cm³/mol. The molecule has 3 rings (SSSR count). The van der Waals surface area contributed by atoms with E-state index in [1.54, 1.807) is 0 Å². The van der Waals surface area contributed by atoms with Crippen molar-refractivity contribution < 1.29 is 30.7 Å². The lowest BCUT2D eigenvalue weighted by molar-refractivity contribution is 0.410. The van der Waals surface area contributed by atoms with Crippen LogP contribution in [-0.2, 0) is 0 Å². The minimum absolute atomic E-state index is 0.151. The zero-order valence-electron chi connectivity index (χ0n) is 13.3. The highest BCUT2D eigenvalue weighted by atomic mass is 19.3. The molecule has 0 bridgehead atoms. The Balaban J connectivity index is 1.97. The van der Waals surface area contributed by atoms with Crippen LogP contribution in [0.2, 0.25) is 0 Å². The van der Waals surface area contributed by atoms with E-state index in [1.165, 1.54) is 24.3 Å². The van der Waals surface area contributed by atoms with Crippen molar-refractivity contribution in [3.8, 4) is 22.3 Å². The van der Waals surface area contributed by atoms with Crippen molar-refractivity contribution in [3.05, 3.63) is 89.5 Å². The highest BCUT2D eigenvalue weighted by Crippen LogP contribution is 2.31. The van der Waals surface area contributed by atoms with Gasteiger partial charge in [-0.2, -0.15) is 8.78 Å². The summed E-state index contributed by atoms with van der Waals surface area (Å²) in [5, 5.41) is 0. The zero-order valence-corrected chi connectivity index (χ0v) is 13.3. The van der Waals surface area contributed by atoms with Gasteiger partial charge in [0.2, 0.25) is 0 Å². The van der Waals surface area contributed by atoms with Crippen molar-refractivity contribution in [1.29, 1.82) is 0 Å². The van der Waals surface area contributed by atoms with Crippen LogP contribution in [0.3, 0.4) is 0 Å². The van der Waals surface area contributed by atoms with Crippen molar-refractivity contribution in [2.45, 2.75) is 0 Å². The SMILES string of the molecule is FC(F)=C(F)c1ccc(-c2ccc(-c3cc(F)c(F)c(F)c3)c(F)c2)cc1. The van der Waals surface area contributed by atoms with E-state index in [0.717, 1.165) is 18.2 Å². The molecule has 0 heterocycles. The Bertz CT molecular complexity index is 1010. The Kier molecular flexibility index (Phi) is 5.03. The van der Waals surface area contributed by atoms with E-state index < -0.39 is 35.2 Å². The van der Waals surface area contributed by atoms with Gasteiger partial charge in [-0.3, -0.25) is 0 Å². The largest absolute Gasteiger partial charge is 0.306 e. The van der Waals surface area contributed by atoms with Crippen LogP contribution in [0, 0.1) is 23.3 Å². The Morgan fingerprint density at radius 2 is 1.07 bits per heavy atom. The fourth-order valence-corrected chi connectivity index (χ4v) is 2.56. The van der Waals surface area contributed by atoms with Crippen LogP contribution in [0.25, 0.3) is 28.1 Å². The molecule has 0 fully saturated rings. The van der Waals surface area contributed by atoms with Crippen LogP contribution < -0.4 is 0 Å². The van der Waals surface area contributed by atoms with E-state index in [0.29, 0.717) is 23.3 Å². The van der Waals surface area contributed by atoms with Gasteiger partial charge in [0.25, 0.3) is 0 Å². The summed E-state index contributed by atoms with van der Waals surface area (Å²) in [6, 6.07) is 9.94. The lowest BCUT2D eigenvalue weighted by Gasteiger charge is -2.08. The van der Waals surface area contributed by atoms with Gasteiger partial charge in [0.15, 0.2) is 23.3 Å². The first-order chi connectivity index (χ1) is 12.8. The first kappa shape index (κ1) is 18.7. The number of hydrogen-bond donors (Lipinski definition) is 0. The molecule has 0 aliphatic rings. The van der Waals surface area contributed by atoms with Crippen LogP contribution >= 0.6 is 0 Å². The van der Waals surface area contributed by atoms with Crippen LogP contribution in [-0.4, -0.2) is 0 Å². The maximum Gasteiger partial charge on any atom is 0.306 e. The quantitative estimate of drug-likeness (QED) is 0.334. The molecule has 0 atom stereocenters. The highest BCUT2D eigenvalue weighted by Gasteiger charge is 2.15. The third kappa shape index (κ3) is 3.72. The number of hydrogen-bond acceptors (Lipinski definition) is 0. The summed E-state index contributed by atoms with van der Waals surface area (Å²) < 4.78 is 91.8. The summed E-state index contributed by atoms with van der Waals surface area (Å²) in [5.74, 6) is -7.02. The van der Waals surface area contributed by atoms with Gasteiger partial charge in [-0.1, -0.05) is 36.4 Å². The van der Waals surface area contributed by atoms with Crippen molar-refractivity contribution in [2.75, 3.05) is 0 Å². The van der Waals surface area contributed by atoms with Crippen LogP contribution in [0.1, 0.15) is 5.56 Å². The van der Waals surface area contributed by atoms with E-state index >= 15 is 0 Å². The number of halogens is 7. The molecule has 0 N–H and O–H groups in total. The van der Waals surface area contributed by atoms with Gasteiger partial charge < -0.3 is 0 Å². The predicted octanol–water partition coefficient (Wildman–Crippen LogP) is 7.11. The van der Waals surface area contributed by atoms with Crippen molar-refractivity contribution >= 4 is 5.83 Å². The van der Waals surface area contributed by atoms with Gasteiger partial charge in [-0.05, 0) is 34.9 Å². The number of benzene rings is 3. The van der Waals surface area contributed by atoms with Crippen molar-refractivity contribution in [1.82, 2.24) is 0 Å². The third-order valence-electron chi connectivity index (χ3n) is 3.90. The van der Waals surface area contributed by atoms with E-state index in [1.807, 2.05) is 0 Å². The summed E-state index contributed by atoms with van der Waals surface area (Å²) in [6.45, 7) is 0. The zero-order chi connectivity index (χ0) is 19.7. The Morgan fingerprint density at radius 1 is 0.556 bits per heavy atom. The molecule has 27 heavy (non-hydrogen) atoms. The van der Waals surface area contributed by atoms with Crippen molar-refractivity contribution in [3.63, 3.8) is 0 Å². The van der Waals surface area contributed by atoms with Crippen LogP contribution in [0.5, 0.6) is 0 Å². The molecule has 7 heteroatoms. The van der Waals surface area contributed by atoms with Gasteiger partial charge in [0.05, 0.1) is 0 Å². The molecule has 0 saturated carbocycles. The summed E-state index contributed by atoms with van der Waals surface area (Å²) in [6.07, 6.45) is -2.45. The van der Waals surface area contributed by atoms with E-state index in [9.17, 15) is 30.7 Å². The Labute approximate surface area is 149 Å². The molecule has 0 radical (unpaired) electrons. The van der Waals surface area contributed by atoms with Gasteiger partial charge in [-0.15, -0.1) is 0 Å². The third-order valence-corrected chi connectivity index (χ3v) is 3.90. The summed E-state index contributed by atoms with van der Waals surface area (Å²) in [4.78, 5) is 0. The summed E-state index contributed by atoms with van der Waals surface area (Å²) in [7, 11) is 0. The molecule has 0 amide bonds. The van der Waals surface area contributed by atoms with Crippen LogP contribution in [0.15, 0.2) is 60.7 Å². The van der Waals surface area contributed by atoms with Gasteiger partial charge in [0, 0.05) is 11.1 Å². The second kappa shape index (κ2) is 7.26. The minimum atomic E-state index is -2.45. The molecule has 3 aromatic rings. The molecule has 3 aromatic carbocycles. The normalized spacial score (nSPS) is 10.8. The van der Waals surface area contributed by atoms with E-state index in [2.05, 4.69) is 0 Å². The molecule has 0 spiro atoms. The maximum atomic E-state index is 14.4. The van der Waals surface area contributed by atoms with Crippen LogP contribution in [0.4, 0.5) is 30.7 Å². The summed E-state index contributed by atoms with van der Waals surface area (Å²) in [5.41, 5.74) is 0.0786. The van der Waals surface area contributed by atoms with Gasteiger partial charge in [-0.25, -0.2) is 22.0 Å². The average Bonchev–Trinajstić information content (AvgIpc) is 2.65. The molecule has 0 aliphatic carbocycles. The van der Waals surface area contributed by atoms with E-state index in [4.69, 9.17) is 0 Å². The molecule has 0 nitrogen and oxygen atoms in total. The average molecular weight is 382 g/mol. The topological polar surface area (TPSA) is 0 Å². The van der Waals surface area contributed by atoms with E-state index in [-0.39, 0.29) is 16.7 Å². The monoisotopic (exact) mass is 382 g/mol. The molecule has 0 aliphatic heterocycles. The lowest BCUT2D eigenvalue weighted by Crippen LogP contribution is -1.94. The molecule has 0 saturated heterocycles. The molecular weight excluding hydrogens is 373 g/mol. The fraction of sp³-hybridized carbons (Fsp3) is 0. The van der Waals surface area contributed by atoms with Gasteiger partial charge in [0.1, 0.15) is 5.82 Å². The molecule has 0 unspecified atom stereocenters. The second-order valence-electron chi connectivity index (χ2n) is 5.60. The smallest absolute Gasteiger partial charge is 0.206 e. The maximum absolute atomic E-state index is 14.4. The highest BCUT2D eigenvalue weighted by molar-refractivity contribution is 5.72. The molecule has 138 valence electrons. The first-order valence-electron chi connectivity index (χ1n) is 7.54. The fourth-order valence-electron chi connectivity index (χ4n) is 2.56. The second-order valence-corrected chi connectivity index (χ2v) is 5.60. The Morgan fingerprint density at radius 3 is 1.59 bits per heavy atom. The lowest BCUT2D eigenvalue weighted by atomic mass is 9.98. The Hall–Kier alpha value is -3.09. The summed E-state index contributed by atoms with van der Waals surface area (Å²) >= 11 is 0. The molecular formula is C20H9F7. The minimum Gasteiger partial charge on any atom is -0.206 e.